The van der Waals surface area contributed by atoms with Crippen LogP contribution in [0.5, 0.6) is 5.75 Å². The van der Waals surface area contributed by atoms with Crippen molar-refractivity contribution in [2.45, 2.75) is 13.5 Å². The van der Waals surface area contributed by atoms with Crippen LogP contribution in [0.25, 0.3) is 16.3 Å². The van der Waals surface area contributed by atoms with Crippen molar-refractivity contribution in [1.29, 1.82) is 0 Å². The highest BCUT2D eigenvalue weighted by atomic mass is 32.1. The van der Waals surface area contributed by atoms with Crippen molar-refractivity contribution in [2.75, 3.05) is 6.61 Å². The van der Waals surface area contributed by atoms with Crippen LogP contribution in [0.2, 0.25) is 0 Å². The fourth-order valence-electron chi connectivity index (χ4n) is 2.51. The van der Waals surface area contributed by atoms with E-state index in [1.165, 1.54) is 29.6 Å². The minimum Gasteiger partial charge on any atom is -0.492 e. The van der Waals surface area contributed by atoms with Gasteiger partial charge in [-0.15, -0.1) is 6.42 Å². The molecule has 0 spiro atoms. The SMILES string of the molecule is C#CCn1c(=NC(=O)/C=C/c2ccc([N+](=O)[O-])s2)sc2cccc(OCC)c21. The number of amides is 1. The van der Waals surface area contributed by atoms with Gasteiger partial charge in [0.25, 0.3) is 5.91 Å². The highest BCUT2D eigenvalue weighted by Gasteiger charge is 2.12. The number of carbonyl (C=O) groups is 1. The number of benzene rings is 1. The molecule has 1 amide bonds. The molecule has 0 fully saturated rings. The largest absolute Gasteiger partial charge is 0.492 e. The zero-order valence-corrected chi connectivity index (χ0v) is 16.5. The molecular weight excluding hydrogens is 398 g/mol. The molecular formula is C19H15N3O4S2. The molecule has 0 aliphatic rings. The smallest absolute Gasteiger partial charge is 0.324 e. The number of aromatic nitrogens is 1. The fraction of sp³-hybridized carbons (Fsp3) is 0.158. The van der Waals surface area contributed by atoms with Gasteiger partial charge < -0.3 is 9.30 Å². The maximum Gasteiger partial charge on any atom is 0.324 e. The van der Waals surface area contributed by atoms with Gasteiger partial charge in [-0.2, -0.15) is 4.99 Å². The lowest BCUT2D eigenvalue weighted by Crippen LogP contribution is -2.16. The van der Waals surface area contributed by atoms with Gasteiger partial charge in [0.2, 0.25) is 0 Å². The lowest BCUT2D eigenvalue weighted by atomic mass is 10.3. The second kappa shape index (κ2) is 8.65. The lowest BCUT2D eigenvalue weighted by Gasteiger charge is -2.07. The average Bonchev–Trinajstić information content (AvgIpc) is 3.27. The zero-order valence-electron chi connectivity index (χ0n) is 14.8. The molecule has 28 heavy (non-hydrogen) atoms. The molecule has 0 aliphatic heterocycles. The number of para-hydroxylation sites is 1. The van der Waals surface area contributed by atoms with Gasteiger partial charge in [-0.25, -0.2) is 0 Å². The number of thiazole rings is 1. The van der Waals surface area contributed by atoms with E-state index in [4.69, 9.17) is 11.2 Å². The Kier molecular flexibility index (Phi) is 6.03. The van der Waals surface area contributed by atoms with Crippen molar-refractivity contribution in [1.82, 2.24) is 4.57 Å². The van der Waals surface area contributed by atoms with Gasteiger partial charge >= 0.3 is 5.00 Å². The number of nitrogens with zero attached hydrogens (tertiary/aromatic N) is 3. The molecule has 9 heteroatoms. The van der Waals surface area contributed by atoms with Crippen LogP contribution in [-0.4, -0.2) is 22.0 Å². The number of thiophene rings is 1. The van der Waals surface area contributed by atoms with Crippen LogP contribution in [0.15, 0.2) is 41.4 Å². The third kappa shape index (κ3) is 4.19. The van der Waals surface area contributed by atoms with Crippen LogP contribution in [0.4, 0.5) is 5.00 Å². The first-order valence-corrected chi connectivity index (χ1v) is 9.86. The Morgan fingerprint density at radius 2 is 2.21 bits per heavy atom. The fourth-order valence-corrected chi connectivity index (χ4v) is 4.28. The topological polar surface area (TPSA) is 86.7 Å². The van der Waals surface area contributed by atoms with E-state index in [0.29, 0.717) is 22.0 Å². The molecule has 1 aromatic carbocycles. The molecule has 2 heterocycles. The molecule has 7 nitrogen and oxygen atoms in total. The summed E-state index contributed by atoms with van der Waals surface area (Å²) in [6.45, 7) is 2.65. The van der Waals surface area contributed by atoms with Crippen molar-refractivity contribution in [3.63, 3.8) is 0 Å². The number of nitro groups is 1. The molecule has 0 saturated carbocycles. The second-order valence-corrected chi connectivity index (χ2v) is 7.53. The summed E-state index contributed by atoms with van der Waals surface area (Å²) in [5.74, 6) is 2.78. The maximum absolute atomic E-state index is 12.3. The van der Waals surface area contributed by atoms with Gasteiger partial charge in [-0.3, -0.25) is 14.9 Å². The molecule has 0 N–H and O–H groups in total. The summed E-state index contributed by atoms with van der Waals surface area (Å²) in [7, 11) is 0. The Balaban J connectivity index is 1.98. The summed E-state index contributed by atoms with van der Waals surface area (Å²) in [5.41, 5.74) is 0.803. The third-order valence-electron chi connectivity index (χ3n) is 3.60. The van der Waals surface area contributed by atoms with E-state index in [-0.39, 0.29) is 11.5 Å². The van der Waals surface area contributed by atoms with Crippen LogP contribution in [0, 0.1) is 22.5 Å². The lowest BCUT2D eigenvalue weighted by molar-refractivity contribution is -0.380. The standard InChI is InChI=1S/C19H15N3O4S2/c1-3-12-21-18-14(26-4-2)6-5-7-15(18)28-19(21)20-16(23)10-8-13-9-11-17(27-13)22(24)25/h1,5-11H,4,12H2,2H3/b10-8+,20-19?. The molecule has 3 rings (SSSR count). The van der Waals surface area contributed by atoms with Crippen molar-refractivity contribution in [3.8, 4) is 18.1 Å². The molecule has 0 radical (unpaired) electrons. The number of fused-ring (bicyclic) bond motifs is 1. The van der Waals surface area contributed by atoms with Gasteiger partial charge in [0.1, 0.15) is 11.3 Å². The van der Waals surface area contributed by atoms with E-state index in [9.17, 15) is 14.9 Å². The number of terminal acetylenes is 1. The normalized spacial score (nSPS) is 11.8. The number of hydrogen-bond donors (Lipinski definition) is 0. The Morgan fingerprint density at radius 1 is 1.39 bits per heavy atom. The highest BCUT2D eigenvalue weighted by Crippen LogP contribution is 2.28. The summed E-state index contributed by atoms with van der Waals surface area (Å²) >= 11 is 2.33. The number of carbonyl (C=O) groups excluding carboxylic acids is 1. The molecule has 0 atom stereocenters. The molecule has 0 unspecified atom stereocenters. The van der Waals surface area contributed by atoms with Gasteiger partial charge in [-0.05, 0) is 31.2 Å². The van der Waals surface area contributed by atoms with Crippen molar-refractivity contribution in [3.05, 3.63) is 56.2 Å². The summed E-state index contributed by atoms with van der Waals surface area (Å²) in [6, 6.07) is 8.62. The van der Waals surface area contributed by atoms with Gasteiger partial charge in [0.15, 0.2) is 4.80 Å². The van der Waals surface area contributed by atoms with Crippen LogP contribution < -0.4 is 9.54 Å². The summed E-state index contributed by atoms with van der Waals surface area (Å²) < 4.78 is 8.35. The summed E-state index contributed by atoms with van der Waals surface area (Å²) in [5, 5.41) is 10.7. The van der Waals surface area contributed by atoms with E-state index in [0.717, 1.165) is 21.6 Å². The monoisotopic (exact) mass is 413 g/mol. The van der Waals surface area contributed by atoms with Crippen LogP contribution >= 0.6 is 22.7 Å². The van der Waals surface area contributed by atoms with E-state index in [1.807, 2.05) is 25.1 Å². The van der Waals surface area contributed by atoms with Crippen LogP contribution in [0.3, 0.4) is 0 Å². The van der Waals surface area contributed by atoms with E-state index in [1.54, 1.807) is 10.6 Å². The molecule has 3 aromatic rings. The Morgan fingerprint density at radius 3 is 2.89 bits per heavy atom. The average molecular weight is 413 g/mol. The molecule has 0 aliphatic carbocycles. The van der Waals surface area contributed by atoms with Crippen molar-refractivity contribution in [2.24, 2.45) is 4.99 Å². The number of ether oxygens (including phenoxy) is 1. The molecule has 142 valence electrons. The molecule has 2 aromatic heterocycles. The quantitative estimate of drug-likeness (QED) is 0.266. The van der Waals surface area contributed by atoms with Crippen LogP contribution in [-0.2, 0) is 11.3 Å². The third-order valence-corrected chi connectivity index (χ3v) is 5.65. The predicted octanol–water partition coefficient (Wildman–Crippen LogP) is 3.85. The summed E-state index contributed by atoms with van der Waals surface area (Å²) in [6.07, 6.45) is 8.28. The Bertz CT molecular complexity index is 1180. The minimum atomic E-state index is -0.480. The van der Waals surface area contributed by atoms with E-state index < -0.39 is 10.8 Å². The zero-order chi connectivity index (χ0) is 20.1. The predicted molar refractivity (Wildman–Crippen MR) is 110 cm³/mol. The van der Waals surface area contributed by atoms with Crippen molar-refractivity contribution >= 4 is 49.9 Å². The highest BCUT2D eigenvalue weighted by molar-refractivity contribution is 7.16. The minimum absolute atomic E-state index is 0.0175. The van der Waals surface area contributed by atoms with Gasteiger partial charge in [0, 0.05) is 17.0 Å². The Labute approximate surface area is 168 Å². The first-order chi connectivity index (χ1) is 13.5. The van der Waals surface area contributed by atoms with Gasteiger partial charge in [-0.1, -0.05) is 34.7 Å². The van der Waals surface area contributed by atoms with Crippen LogP contribution in [0.1, 0.15) is 11.8 Å². The summed E-state index contributed by atoms with van der Waals surface area (Å²) in [4.78, 5) is 27.8. The van der Waals surface area contributed by atoms with Gasteiger partial charge in [0.05, 0.1) is 22.8 Å². The first kappa shape index (κ1) is 19.5. The molecule has 0 saturated heterocycles. The van der Waals surface area contributed by atoms with Crippen molar-refractivity contribution < 1.29 is 14.5 Å². The Hall–Kier alpha value is -3.22. The first-order valence-electron chi connectivity index (χ1n) is 8.23. The number of rotatable bonds is 6. The van der Waals surface area contributed by atoms with E-state index in [2.05, 4.69) is 10.9 Å². The molecule has 0 bridgehead atoms. The maximum atomic E-state index is 12.3. The second-order valence-electron chi connectivity index (χ2n) is 5.43. The number of hydrogen-bond acceptors (Lipinski definition) is 6. The van der Waals surface area contributed by atoms with E-state index >= 15 is 0 Å².